The Labute approximate surface area is 90.9 Å². The summed E-state index contributed by atoms with van der Waals surface area (Å²) in [6, 6.07) is 7.11. The lowest BCUT2D eigenvalue weighted by Gasteiger charge is -1.95. The van der Waals surface area contributed by atoms with Crippen LogP contribution in [-0.2, 0) is 4.74 Å². The van der Waals surface area contributed by atoms with Gasteiger partial charge in [-0.1, -0.05) is 0 Å². The summed E-state index contributed by atoms with van der Waals surface area (Å²) < 4.78 is 5.86. The second kappa shape index (κ2) is 3.90. The van der Waals surface area contributed by atoms with Gasteiger partial charge < -0.3 is 9.84 Å². The maximum Gasteiger partial charge on any atom is 0.348 e. The fourth-order valence-electron chi connectivity index (χ4n) is 1.33. The number of rotatable bonds is 2. The van der Waals surface area contributed by atoms with Gasteiger partial charge in [-0.15, -0.1) is 11.3 Å². The van der Waals surface area contributed by atoms with E-state index in [4.69, 9.17) is 9.84 Å². The highest BCUT2D eigenvalue weighted by molar-refractivity contribution is 7.20. The van der Waals surface area contributed by atoms with Crippen molar-refractivity contribution in [1.29, 1.82) is 0 Å². The van der Waals surface area contributed by atoms with Crippen molar-refractivity contribution in [2.45, 2.75) is 6.92 Å². The van der Waals surface area contributed by atoms with E-state index in [9.17, 15) is 4.79 Å². The van der Waals surface area contributed by atoms with Gasteiger partial charge in [0.1, 0.15) is 4.88 Å². The largest absolute Gasteiger partial charge is 0.593 e. The Morgan fingerprint density at radius 3 is 3.00 bits per heavy atom. The fourth-order valence-corrected chi connectivity index (χ4v) is 2.33. The molecule has 2 aromatic rings. The Morgan fingerprint density at radius 1 is 1.47 bits per heavy atom. The molecule has 2 rings (SSSR count). The van der Waals surface area contributed by atoms with Crippen molar-refractivity contribution >= 4 is 27.4 Å². The molecule has 0 aliphatic carbocycles. The molecule has 78 valence electrons. The third kappa shape index (κ3) is 1.94. The summed E-state index contributed by atoms with van der Waals surface area (Å²) in [5, 5.41) is 8.45. The second-order valence-corrected chi connectivity index (χ2v) is 4.17. The molecule has 0 atom stereocenters. The molecule has 1 heterocycles. The standard InChI is InChI=1S/C11H10O3S/c1-2-14-11(13)10-5-7-3-4-8(12)6-9(7)15-10/h3-6,12H,2H2,1H3/p+1. The summed E-state index contributed by atoms with van der Waals surface area (Å²) in [4.78, 5) is 12.0. The summed E-state index contributed by atoms with van der Waals surface area (Å²) in [5.41, 5.74) is 0. The predicted molar refractivity (Wildman–Crippen MR) is 60.8 cm³/mol. The van der Waals surface area contributed by atoms with Crippen LogP contribution >= 0.6 is 11.3 Å². The molecule has 3 nitrogen and oxygen atoms in total. The smallest absolute Gasteiger partial charge is 0.348 e. The Balaban J connectivity index is 2.42. The van der Waals surface area contributed by atoms with Crippen LogP contribution in [0, 0.1) is 0 Å². The van der Waals surface area contributed by atoms with Crippen LogP contribution < -0.4 is 0 Å². The first-order valence-corrected chi connectivity index (χ1v) is 5.44. The van der Waals surface area contributed by atoms with E-state index >= 15 is 0 Å². The van der Waals surface area contributed by atoms with Crippen LogP contribution in [0.5, 0.6) is 5.75 Å². The third-order valence-electron chi connectivity index (χ3n) is 2.00. The average molecular weight is 223 g/mol. The van der Waals surface area contributed by atoms with Crippen molar-refractivity contribution < 1.29 is 14.6 Å². The molecular weight excluding hydrogens is 212 g/mol. The number of esters is 1. The van der Waals surface area contributed by atoms with E-state index in [1.165, 1.54) is 11.3 Å². The van der Waals surface area contributed by atoms with Crippen molar-refractivity contribution in [2.75, 3.05) is 6.61 Å². The monoisotopic (exact) mass is 223 g/mol. The molecule has 15 heavy (non-hydrogen) atoms. The van der Waals surface area contributed by atoms with Crippen LogP contribution in [0.1, 0.15) is 16.6 Å². The minimum absolute atomic E-state index is 0.287. The number of fused-ring (bicyclic) bond motifs is 1. The number of carbonyl (C=O) groups is 1. The predicted octanol–water partition coefficient (Wildman–Crippen LogP) is 2.52. The van der Waals surface area contributed by atoms with Gasteiger partial charge in [0.2, 0.25) is 0 Å². The van der Waals surface area contributed by atoms with Crippen molar-refractivity contribution in [3.63, 3.8) is 0 Å². The van der Waals surface area contributed by atoms with Gasteiger partial charge in [-0.2, -0.15) is 0 Å². The summed E-state index contributed by atoms with van der Waals surface area (Å²) in [5.74, 6) is 0.171. The SMILES string of the molecule is CCOC(=O)c1cc2ccc([OH2+])cc2s1. The number of hydrogen-bond acceptors (Lipinski definition) is 3. The van der Waals surface area contributed by atoms with Crippen molar-refractivity contribution in [3.05, 3.63) is 29.1 Å². The normalized spacial score (nSPS) is 10.5. The van der Waals surface area contributed by atoms with E-state index in [0.29, 0.717) is 17.2 Å². The van der Waals surface area contributed by atoms with Crippen LogP contribution in [0.25, 0.3) is 10.1 Å². The molecule has 0 bridgehead atoms. The maximum atomic E-state index is 11.4. The summed E-state index contributed by atoms with van der Waals surface area (Å²) in [7, 11) is 0. The zero-order chi connectivity index (χ0) is 10.8. The number of hydrogen-bond donors (Lipinski definition) is 0. The highest BCUT2D eigenvalue weighted by atomic mass is 32.1. The first-order chi connectivity index (χ1) is 7.20. The lowest BCUT2D eigenvalue weighted by molar-refractivity contribution is 0.0532. The molecule has 0 unspecified atom stereocenters. The van der Waals surface area contributed by atoms with Gasteiger partial charge in [-0.25, -0.2) is 4.79 Å². The molecule has 0 aliphatic heterocycles. The molecule has 2 N–H and O–H groups in total. The van der Waals surface area contributed by atoms with E-state index in [1.54, 1.807) is 25.1 Å². The average Bonchev–Trinajstić information content (AvgIpc) is 2.60. The zero-order valence-electron chi connectivity index (χ0n) is 8.24. The van der Waals surface area contributed by atoms with E-state index in [0.717, 1.165) is 10.1 Å². The molecule has 0 saturated heterocycles. The van der Waals surface area contributed by atoms with Crippen molar-refractivity contribution in [3.8, 4) is 5.75 Å². The van der Waals surface area contributed by atoms with Crippen LogP contribution in [0.2, 0.25) is 0 Å². The van der Waals surface area contributed by atoms with Gasteiger partial charge in [0.05, 0.1) is 12.7 Å². The number of carbonyl (C=O) groups excluding carboxylic acids is 1. The van der Waals surface area contributed by atoms with Crippen LogP contribution in [0.15, 0.2) is 24.3 Å². The van der Waals surface area contributed by atoms with E-state index in [2.05, 4.69) is 0 Å². The summed E-state index contributed by atoms with van der Waals surface area (Å²) >= 11 is 1.36. The van der Waals surface area contributed by atoms with E-state index in [-0.39, 0.29) is 5.97 Å². The summed E-state index contributed by atoms with van der Waals surface area (Å²) in [6.45, 7) is 2.17. The highest BCUT2D eigenvalue weighted by Crippen LogP contribution is 2.28. The van der Waals surface area contributed by atoms with Crippen molar-refractivity contribution in [2.24, 2.45) is 0 Å². The van der Waals surface area contributed by atoms with Gasteiger partial charge >= 0.3 is 5.97 Å². The molecule has 0 aliphatic rings. The van der Waals surface area contributed by atoms with Crippen LogP contribution in [-0.4, -0.2) is 17.7 Å². The topological polar surface area (TPSA) is 49.2 Å². The molecule has 0 radical (unpaired) electrons. The molecule has 0 spiro atoms. The van der Waals surface area contributed by atoms with E-state index in [1.807, 2.05) is 6.07 Å². The third-order valence-corrected chi connectivity index (χ3v) is 3.07. The molecule has 1 aromatic heterocycles. The molecule has 0 saturated carbocycles. The first kappa shape index (κ1) is 9.98. The molecular formula is C11H11O3S+. The quantitative estimate of drug-likeness (QED) is 0.580. The minimum Gasteiger partial charge on any atom is -0.593 e. The van der Waals surface area contributed by atoms with Gasteiger partial charge in [-0.05, 0) is 24.4 Å². The van der Waals surface area contributed by atoms with Crippen LogP contribution in [0.3, 0.4) is 0 Å². The van der Waals surface area contributed by atoms with Gasteiger partial charge in [-0.3, -0.25) is 0 Å². The van der Waals surface area contributed by atoms with Crippen LogP contribution in [0.4, 0.5) is 0 Å². The van der Waals surface area contributed by atoms with E-state index < -0.39 is 0 Å². The Morgan fingerprint density at radius 2 is 2.27 bits per heavy atom. The number of ether oxygens (including phenoxy) is 1. The highest BCUT2D eigenvalue weighted by Gasteiger charge is 2.11. The maximum absolute atomic E-state index is 11.4. The number of thiophene rings is 1. The zero-order valence-corrected chi connectivity index (χ0v) is 9.06. The second-order valence-electron chi connectivity index (χ2n) is 3.08. The Bertz CT molecular complexity index is 502. The molecule has 1 aromatic carbocycles. The van der Waals surface area contributed by atoms with Gasteiger partial charge in [0.25, 0.3) is 5.75 Å². The van der Waals surface area contributed by atoms with Gasteiger partial charge in [0.15, 0.2) is 0 Å². The fraction of sp³-hybridized carbons (Fsp3) is 0.182. The molecule has 0 amide bonds. The van der Waals surface area contributed by atoms with Gasteiger partial charge in [0, 0.05) is 10.8 Å². The lowest BCUT2D eigenvalue weighted by atomic mass is 10.2. The lowest BCUT2D eigenvalue weighted by Crippen LogP contribution is -2.01. The minimum atomic E-state index is -0.287. The molecule has 0 fully saturated rings. The van der Waals surface area contributed by atoms with Crippen molar-refractivity contribution in [1.82, 2.24) is 0 Å². The summed E-state index contributed by atoms with van der Waals surface area (Å²) in [6.07, 6.45) is 0. The Kier molecular flexibility index (Phi) is 2.60. The molecule has 4 heteroatoms. The Hall–Kier alpha value is -1.55. The first-order valence-electron chi connectivity index (χ1n) is 4.63. The number of benzene rings is 1.